The molecule has 2 bridgehead atoms. The highest BCUT2D eigenvalue weighted by atomic mass is 16.2. The summed E-state index contributed by atoms with van der Waals surface area (Å²) in [5.74, 6) is 1.12. The van der Waals surface area contributed by atoms with Crippen LogP contribution in [0.1, 0.15) is 17.8 Å². The fourth-order valence-electron chi connectivity index (χ4n) is 3.95. The van der Waals surface area contributed by atoms with Gasteiger partial charge in [0.15, 0.2) is 11.6 Å². The first-order valence-electron chi connectivity index (χ1n) is 9.66. The second-order valence-electron chi connectivity index (χ2n) is 7.46. The number of pyridine rings is 2. The minimum absolute atomic E-state index is 0.0826. The number of urea groups is 1. The maximum atomic E-state index is 13.2. The van der Waals surface area contributed by atoms with Crippen molar-refractivity contribution < 1.29 is 4.79 Å². The summed E-state index contributed by atoms with van der Waals surface area (Å²) in [7, 11) is 0. The Hall–Kier alpha value is -3.55. The number of aromatic nitrogens is 4. The van der Waals surface area contributed by atoms with Crippen LogP contribution in [0.25, 0.3) is 11.3 Å². The molecule has 8 nitrogen and oxygen atoms in total. The van der Waals surface area contributed by atoms with Crippen molar-refractivity contribution in [2.45, 2.75) is 26.3 Å². The second-order valence-corrected chi connectivity index (χ2v) is 7.46. The van der Waals surface area contributed by atoms with Gasteiger partial charge in [0.2, 0.25) is 0 Å². The van der Waals surface area contributed by atoms with Crippen molar-refractivity contribution in [1.29, 1.82) is 0 Å². The Morgan fingerprint density at radius 1 is 1.07 bits per heavy atom. The third kappa shape index (κ3) is 3.16. The molecule has 1 atom stereocenters. The summed E-state index contributed by atoms with van der Waals surface area (Å²) in [6.45, 7) is 5.53. The highest BCUT2D eigenvalue weighted by Gasteiger charge is 2.40. The number of amides is 2. The monoisotopic (exact) mass is 387 g/mol. The van der Waals surface area contributed by atoms with Gasteiger partial charge in [0.25, 0.3) is 0 Å². The number of aryl methyl sites for hydroxylation is 2. The van der Waals surface area contributed by atoms with Gasteiger partial charge < -0.3 is 4.90 Å². The van der Waals surface area contributed by atoms with Gasteiger partial charge in [-0.1, -0.05) is 0 Å². The maximum Gasteiger partial charge on any atom is 0.329 e. The van der Waals surface area contributed by atoms with E-state index in [1.165, 1.54) is 0 Å². The smallest absolute Gasteiger partial charge is 0.329 e. The molecule has 1 saturated heterocycles. The summed E-state index contributed by atoms with van der Waals surface area (Å²) >= 11 is 0. The van der Waals surface area contributed by atoms with Crippen molar-refractivity contribution in [1.82, 2.24) is 19.9 Å². The number of hydrogen-bond donors (Lipinski definition) is 1. The van der Waals surface area contributed by atoms with Crippen molar-refractivity contribution in [3.05, 3.63) is 54.2 Å². The van der Waals surface area contributed by atoms with Crippen molar-refractivity contribution in [3.63, 3.8) is 0 Å². The molecule has 0 unspecified atom stereocenters. The number of hydrogen-bond acceptors (Lipinski definition) is 6. The molecule has 3 aromatic rings. The van der Waals surface area contributed by atoms with E-state index >= 15 is 0 Å². The van der Waals surface area contributed by atoms with Crippen LogP contribution in [0.15, 0.2) is 42.9 Å². The van der Waals surface area contributed by atoms with Crippen LogP contribution in [0.4, 0.5) is 22.1 Å². The molecule has 29 heavy (non-hydrogen) atoms. The lowest BCUT2D eigenvalue weighted by molar-refractivity contribution is 0.254. The maximum absolute atomic E-state index is 13.2. The van der Waals surface area contributed by atoms with E-state index in [0.717, 1.165) is 47.8 Å². The fraction of sp³-hybridized carbons (Fsp3) is 0.286. The Kier molecular flexibility index (Phi) is 4.12. The van der Waals surface area contributed by atoms with Crippen LogP contribution in [-0.4, -0.2) is 45.1 Å². The van der Waals surface area contributed by atoms with E-state index < -0.39 is 0 Å². The first-order valence-corrected chi connectivity index (χ1v) is 9.66. The van der Waals surface area contributed by atoms with Gasteiger partial charge in [-0.15, -0.1) is 0 Å². The standard InChI is InChI=1S/C21H21N7O/c1-13-3-4-15(10-23-13)17-5-6-18-20(25-17)28(16-7-8-27(18)12-16)21(29)26-19-11-22-9-14(2)24-19/h3-6,9-11,16H,7-8,12H2,1-2H3,(H,24,26,29)/t16-/m0/s1. The Bertz CT molecular complexity index is 1080. The summed E-state index contributed by atoms with van der Waals surface area (Å²) in [6, 6.07) is 7.85. The van der Waals surface area contributed by atoms with Crippen LogP contribution in [0, 0.1) is 13.8 Å². The Morgan fingerprint density at radius 3 is 2.76 bits per heavy atom. The predicted octanol–water partition coefficient (Wildman–Crippen LogP) is 3.18. The van der Waals surface area contributed by atoms with E-state index in [2.05, 4.69) is 25.2 Å². The zero-order valence-corrected chi connectivity index (χ0v) is 16.3. The molecule has 0 aromatic carbocycles. The van der Waals surface area contributed by atoms with Crippen LogP contribution in [0.3, 0.4) is 0 Å². The van der Waals surface area contributed by atoms with Gasteiger partial charge in [0.1, 0.15) is 0 Å². The minimum atomic E-state index is -0.232. The number of anilines is 3. The molecule has 0 spiro atoms. The van der Waals surface area contributed by atoms with E-state index in [-0.39, 0.29) is 12.1 Å². The normalized spacial score (nSPS) is 17.2. The second kappa shape index (κ2) is 6.80. The van der Waals surface area contributed by atoms with Gasteiger partial charge in [-0.05, 0) is 44.5 Å². The summed E-state index contributed by atoms with van der Waals surface area (Å²) in [5.41, 5.74) is 4.41. The molecule has 2 aliphatic rings. The molecule has 3 aromatic heterocycles. The van der Waals surface area contributed by atoms with Crippen molar-refractivity contribution in [3.8, 4) is 11.3 Å². The lowest BCUT2D eigenvalue weighted by Gasteiger charge is -2.35. The fourth-order valence-corrected chi connectivity index (χ4v) is 3.95. The summed E-state index contributed by atoms with van der Waals surface area (Å²) < 4.78 is 0. The van der Waals surface area contributed by atoms with E-state index in [1.807, 2.05) is 44.3 Å². The number of nitrogens with one attached hydrogen (secondary N) is 1. The largest absolute Gasteiger partial charge is 0.366 e. The molecule has 146 valence electrons. The molecular weight excluding hydrogens is 366 g/mol. The van der Waals surface area contributed by atoms with Crippen LogP contribution in [-0.2, 0) is 0 Å². The minimum Gasteiger partial charge on any atom is -0.366 e. The molecular formula is C21H21N7O. The molecule has 5 heterocycles. The molecule has 0 aliphatic carbocycles. The lowest BCUT2D eigenvalue weighted by atomic mass is 10.1. The zero-order chi connectivity index (χ0) is 20.0. The van der Waals surface area contributed by atoms with Gasteiger partial charge in [-0.2, -0.15) is 0 Å². The first kappa shape index (κ1) is 17.5. The molecule has 5 rings (SSSR count). The number of fused-ring (bicyclic) bond motifs is 4. The Balaban J connectivity index is 1.52. The molecule has 8 heteroatoms. The van der Waals surface area contributed by atoms with Gasteiger partial charge >= 0.3 is 6.03 Å². The molecule has 2 aliphatic heterocycles. The quantitative estimate of drug-likeness (QED) is 0.727. The molecule has 2 amide bonds. The van der Waals surface area contributed by atoms with E-state index in [1.54, 1.807) is 17.3 Å². The zero-order valence-electron chi connectivity index (χ0n) is 16.3. The van der Waals surface area contributed by atoms with Crippen molar-refractivity contribution in [2.24, 2.45) is 0 Å². The Labute approximate surface area is 168 Å². The van der Waals surface area contributed by atoms with Crippen LogP contribution in [0.2, 0.25) is 0 Å². The van der Waals surface area contributed by atoms with Gasteiger partial charge in [-0.25, -0.2) is 14.8 Å². The lowest BCUT2D eigenvalue weighted by Crippen LogP contribution is -2.48. The van der Waals surface area contributed by atoms with E-state index in [9.17, 15) is 4.79 Å². The third-order valence-electron chi connectivity index (χ3n) is 5.37. The SMILES string of the molecule is Cc1ccc(-c2ccc3c(n2)N(C(=O)Nc2cncc(C)n2)[C@H]2CCN3C2)cn1. The predicted molar refractivity (Wildman–Crippen MR) is 111 cm³/mol. The summed E-state index contributed by atoms with van der Waals surface area (Å²) in [6.07, 6.45) is 5.93. The average Bonchev–Trinajstić information content (AvgIpc) is 3.12. The van der Waals surface area contributed by atoms with Crippen molar-refractivity contribution >= 4 is 23.4 Å². The molecule has 1 fully saturated rings. The van der Waals surface area contributed by atoms with Gasteiger partial charge in [0.05, 0.1) is 29.3 Å². The number of carbonyl (C=O) groups excluding carboxylic acids is 1. The highest BCUT2D eigenvalue weighted by Crippen LogP contribution is 2.40. The van der Waals surface area contributed by atoms with Crippen LogP contribution < -0.4 is 15.1 Å². The van der Waals surface area contributed by atoms with Crippen LogP contribution >= 0.6 is 0 Å². The van der Waals surface area contributed by atoms with E-state index in [4.69, 9.17) is 4.98 Å². The van der Waals surface area contributed by atoms with E-state index in [0.29, 0.717) is 11.6 Å². The summed E-state index contributed by atoms with van der Waals surface area (Å²) in [4.78, 5) is 34.9. The number of rotatable bonds is 2. The molecule has 0 radical (unpaired) electrons. The Morgan fingerprint density at radius 2 is 1.97 bits per heavy atom. The van der Waals surface area contributed by atoms with Gasteiger partial charge in [-0.3, -0.25) is 20.2 Å². The number of nitrogens with zero attached hydrogens (tertiary/aromatic N) is 6. The topological polar surface area (TPSA) is 87.1 Å². The third-order valence-corrected chi connectivity index (χ3v) is 5.37. The summed E-state index contributed by atoms with van der Waals surface area (Å²) in [5, 5.41) is 2.89. The average molecular weight is 387 g/mol. The molecule has 0 saturated carbocycles. The van der Waals surface area contributed by atoms with Crippen molar-refractivity contribution in [2.75, 3.05) is 28.2 Å². The van der Waals surface area contributed by atoms with Gasteiger partial charge in [0, 0.05) is 36.7 Å². The first-order chi connectivity index (χ1) is 14.1. The highest BCUT2D eigenvalue weighted by molar-refractivity contribution is 6.04. The number of carbonyl (C=O) groups is 1. The molecule has 1 N–H and O–H groups in total. The van der Waals surface area contributed by atoms with Crippen LogP contribution in [0.5, 0.6) is 0 Å².